The smallest absolute Gasteiger partial charge is 0.322 e. The Balaban J connectivity index is 1.24. The molecule has 2 saturated heterocycles. The summed E-state index contributed by atoms with van der Waals surface area (Å²) in [6.45, 7) is 4.46. The average molecular weight is 921 g/mol. The number of sulfonamides is 2. The normalized spacial score (nSPS) is 19.7. The topological polar surface area (TPSA) is 149 Å². The number of hydrogen-bond acceptors (Lipinski definition) is 6. The third kappa shape index (κ3) is 14.2. The lowest BCUT2D eigenvalue weighted by Crippen LogP contribution is -2.42. The molecule has 0 unspecified atom stereocenters. The second-order valence-corrected chi connectivity index (χ2v) is 22.1. The summed E-state index contributed by atoms with van der Waals surface area (Å²) >= 11 is 0. The SMILES string of the molecule is CCCCCCCCCCCCc1ccc(S(=O)(=O)N2[C@@H](c3cccc([C@H]4CC[C@@H](C(=O)O)N4S(=O)(=O)c4ccc(CCCCCCCCCCCC)cc4)c3)CC[C@H]2C(=O)O)cc1. The molecule has 0 aliphatic carbocycles. The minimum atomic E-state index is -4.26. The van der Waals surface area contributed by atoms with Crippen LogP contribution in [-0.4, -0.2) is 59.7 Å². The number of carboxylic acids is 2. The van der Waals surface area contributed by atoms with Crippen molar-refractivity contribution in [2.45, 2.75) is 215 Å². The van der Waals surface area contributed by atoms with Crippen molar-refractivity contribution in [2.75, 3.05) is 0 Å². The van der Waals surface area contributed by atoms with E-state index in [2.05, 4.69) is 13.8 Å². The number of carbonyl (C=O) groups is 2. The van der Waals surface area contributed by atoms with Gasteiger partial charge in [-0.15, -0.1) is 0 Å². The first-order valence-electron chi connectivity index (χ1n) is 24.7. The van der Waals surface area contributed by atoms with Gasteiger partial charge in [-0.1, -0.05) is 178 Å². The molecule has 2 aliphatic heterocycles. The van der Waals surface area contributed by atoms with Gasteiger partial charge in [0.15, 0.2) is 0 Å². The molecular formula is C52H76N2O8S2. The van der Waals surface area contributed by atoms with E-state index in [1.165, 1.54) is 103 Å². The predicted octanol–water partition coefficient (Wildman–Crippen LogP) is 12.6. The fourth-order valence-electron chi connectivity index (χ4n) is 9.84. The summed E-state index contributed by atoms with van der Waals surface area (Å²) in [5, 5.41) is 20.5. The fourth-order valence-corrected chi connectivity index (χ4v) is 13.5. The molecule has 10 nitrogen and oxygen atoms in total. The highest BCUT2D eigenvalue weighted by atomic mass is 32.2. The highest BCUT2D eigenvalue weighted by Gasteiger charge is 2.48. The van der Waals surface area contributed by atoms with Crippen LogP contribution in [0.25, 0.3) is 0 Å². The summed E-state index contributed by atoms with van der Waals surface area (Å²) < 4.78 is 59.7. The third-order valence-corrected chi connectivity index (χ3v) is 17.4. The van der Waals surface area contributed by atoms with Crippen molar-refractivity contribution in [3.05, 3.63) is 95.1 Å². The zero-order valence-electron chi connectivity index (χ0n) is 38.7. The van der Waals surface area contributed by atoms with Gasteiger partial charge in [-0.3, -0.25) is 9.59 Å². The van der Waals surface area contributed by atoms with Crippen LogP contribution < -0.4 is 0 Å². The Morgan fingerprint density at radius 3 is 1.09 bits per heavy atom. The molecule has 5 rings (SSSR count). The van der Waals surface area contributed by atoms with E-state index in [1.807, 2.05) is 24.3 Å². The summed E-state index contributed by atoms with van der Waals surface area (Å²) in [6.07, 6.45) is 27.1. The second kappa shape index (κ2) is 25.9. The molecule has 2 aliphatic rings. The molecule has 64 heavy (non-hydrogen) atoms. The Bertz CT molecular complexity index is 1960. The largest absolute Gasteiger partial charge is 0.480 e. The Labute approximate surface area is 385 Å². The minimum Gasteiger partial charge on any atom is -0.480 e. The maximum atomic E-state index is 14.4. The molecule has 4 atom stereocenters. The monoisotopic (exact) mass is 921 g/mol. The number of aryl methyl sites for hydroxylation is 2. The molecule has 0 radical (unpaired) electrons. The summed E-state index contributed by atoms with van der Waals surface area (Å²) in [5.74, 6) is -2.46. The lowest BCUT2D eigenvalue weighted by Gasteiger charge is -2.30. The van der Waals surface area contributed by atoms with E-state index in [9.17, 15) is 36.6 Å². The van der Waals surface area contributed by atoms with E-state index in [0.29, 0.717) is 11.1 Å². The average Bonchev–Trinajstić information content (AvgIpc) is 3.96. The van der Waals surface area contributed by atoms with Gasteiger partial charge >= 0.3 is 11.9 Å². The van der Waals surface area contributed by atoms with E-state index in [1.54, 1.807) is 48.5 Å². The van der Waals surface area contributed by atoms with Gasteiger partial charge in [0.25, 0.3) is 0 Å². The Morgan fingerprint density at radius 2 is 0.781 bits per heavy atom. The first kappa shape index (κ1) is 51.4. The van der Waals surface area contributed by atoms with Crippen LogP contribution in [0, 0.1) is 0 Å². The van der Waals surface area contributed by atoms with Crippen molar-refractivity contribution in [1.82, 2.24) is 8.61 Å². The zero-order valence-corrected chi connectivity index (χ0v) is 40.3. The molecule has 12 heteroatoms. The quantitative estimate of drug-likeness (QED) is 0.0628. The van der Waals surface area contributed by atoms with E-state index < -0.39 is 56.2 Å². The van der Waals surface area contributed by atoms with E-state index >= 15 is 0 Å². The number of carboxylic acid groups (broad SMARTS) is 2. The van der Waals surface area contributed by atoms with E-state index in [0.717, 1.165) is 58.3 Å². The van der Waals surface area contributed by atoms with Crippen LogP contribution in [0.4, 0.5) is 0 Å². The molecular weight excluding hydrogens is 845 g/mol. The predicted molar refractivity (Wildman–Crippen MR) is 255 cm³/mol. The molecule has 0 saturated carbocycles. The van der Waals surface area contributed by atoms with Gasteiger partial charge < -0.3 is 10.2 Å². The maximum Gasteiger partial charge on any atom is 0.322 e. The van der Waals surface area contributed by atoms with Crippen molar-refractivity contribution < 1.29 is 36.6 Å². The van der Waals surface area contributed by atoms with Crippen LogP contribution in [0.2, 0.25) is 0 Å². The summed E-state index contributed by atoms with van der Waals surface area (Å²) in [6, 6.07) is 16.3. The molecule has 354 valence electrons. The Kier molecular flexibility index (Phi) is 20.8. The van der Waals surface area contributed by atoms with Crippen LogP contribution in [0.5, 0.6) is 0 Å². The van der Waals surface area contributed by atoms with E-state index in [4.69, 9.17) is 0 Å². The molecule has 0 aromatic heterocycles. The first-order valence-corrected chi connectivity index (χ1v) is 27.6. The number of rotatable bonds is 30. The highest BCUT2D eigenvalue weighted by molar-refractivity contribution is 7.89. The number of aliphatic carboxylic acids is 2. The Hall–Kier alpha value is -3.58. The van der Waals surface area contributed by atoms with Crippen molar-refractivity contribution in [3.63, 3.8) is 0 Å². The van der Waals surface area contributed by atoms with Gasteiger partial charge in [0, 0.05) is 0 Å². The van der Waals surface area contributed by atoms with Crippen LogP contribution >= 0.6 is 0 Å². The lowest BCUT2D eigenvalue weighted by atomic mass is 9.98. The number of unbranched alkanes of at least 4 members (excludes halogenated alkanes) is 18. The fraction of sp³-hybridized carbons (Fsp3) is 0.615. The van der Waals surface area contributed by atoms with Crippen molar-refractivity contribution in [3.8, 4) is 0 Å². The molecule has 0 spiro atoms. The Morgan fingerprint density at radius 1 is 0.469 bits per heavy atom. The van der Waals surface area contributed by atoms with Crippen LogP contribution in [0.1, 0.15) is 202 Å². The molecule has 3 aromatic carbocycles. The number of nitrogens with zero attached hydrogens (tertiary/aromatic N) is 2. The summed E-state index contributed by atoms with van der Waals surface area (Å²) in [7, 11) is -8.53. The van der Waals surface area contributed by atoms with E-state index in [-0.39, 0.29) is 35.5 Å². The molecule has 2 N–H and O–H groups in total. The lowest BCUT2D eigenvalue weighted by molar-refractivity contribution is -0.141. The second-order valence-electron chi connectivity index (χ2n) is 18.4. The van der Waals surface area contributed by atoms with Gasteiger partial charge in [-0.2, -0.15) is 8.61 Å². The van der Waals surface area contributed by atoms with Crippen LogP contribution in [-0.2, 0) is 42.5 Å². The zero-order chi connectivity index (χ0) is 46.0. The van der Waals surface area contributed by atoms with Gasteiger partial charge in [0.05, 0.1) is 21.9 Å². The maximum absolute atomic E-state index is 14.4. The highest BCUT2D eigenvalue weighted by Crippen LogP contribution is 2.44. The number of benzene rings is 3. The van der Waals surface area contributed by atoms with Crippen LogP contribution in [0.3, 0.4) is 0 Å². The summed E-state index contributed by atoms with van der Waals surface area (Å²) in [4.78, 5) is 25.2. The molecule has 0 bridgehead atoms. The first-order chi connectivity index (χ1) is 30.9. The van der Waals surface area contributed by atoms with Crippen molar-refractivity contribution in [2.24, 2.45) is 0 Å². The van der Waals surface area contributed by atoms with Crippen molar-refractivity contribution >= 4 is 32.0 Å². The molecule has 0 amide bonds. The molecule has 3 aromatic rings. The van der Waals surface area contributed by atoms with Gasteiger partial charge in [0.2, 0.25) is 20.0 Å². The van der Waals surface area contributed by atoms with Gasteiger partial charge in [-0.05, 0) is 97.9 Å². The van der Waals surface area contributed by atoms with Gasteiger partial charge in [-0.25, -0.2) is 16.8 Å². The molecule has 2 heterocycles. The minimum absolute atomic E-state index is 0.0282. The third-order valence-electron chi connectivity index (χ3n) is 13.5. The van der Waals surface area contributed by atoms with Crippen molar-refractivity contribution in [1.29, 1.82) is 0 Å². The standard InChI is InChI=1S/C52H76N2O8S2/c1-3-5-7-9-11-13-15-17-19-21-24-41-28-32-45(33-29-41)63(59,60)53-47(36-38-49(53)51(55)56)43-26-23-27-44(40-43)48-37-39-50(52(57)58)54(48)64(61,62)46-34-30-42(31-35-46)25-22-20-18-16-14-12-10-8-6-4-2/h23,26-35,40,47-50H,3-22,24-25,36-39H2,1-2H3,(H,55,56)(H,57,58)/t47-,48-,49+,50+/m1/s1. The van der Waals surface area contributed by atoms with Crippen LogP contribution in [0.15, 0.2) is 82.6 Å². The summed E-state index contributed by atoms with van der Waals surface area (Å²) in [5.41, 5.74) is 3.15. The number of hydrogen-bond donors (Lipinski definition) is 2. The van der Waals surface area contributed by atoms with Gasteiger partial charge in [0.1, 0.15) is 12.1 Å². The molecule has 2 fully saturated rings.